The van der Waals surface area contributed by atoms with E-state index in [1.165, 1.54) is 6.07 Å². The van der Waals surface area contributed by atoms with Crippen LogP contribution in [-0.4, -0.2) is 25.9 Å². The summed E-state index contributed by atoms with van der Waals surface area (Å²) < 4.78 is 25.4. The molecule has 0 bridgehead atoms. The third-order valence-corrected chi connectivity index (χ3v) is 4.04. The minimum Gasteiger partial charge on any atom is -0.497 e. The van der Waals surface area contributed by atoms with Gasteiger partial charge in [0.25, 0.3) is 0 Å². The van der Waals surface area contributed by atoms with Crippen LogP contribution in [0.2, 0.25) is 0 Å². The van der Waals surface area contributed by atoms with E-state index in [9.17, 15) is 4.39 Å². The van der Waals surface area contributed by atoms with Crippen molar-refractivity contribution < 1.29 is 13.9 Å². The monoisotopic (exact) mass is 281 g/mol. The van der Waals surface area contributed by atoms with E-state index in [4.69, 9.17) is 9.47 Å². The molecule has 0 spiro atoms. The Kier molecular flexibility index (Phi) is 5.00. The predicted octanol–water partition coefficient (Wildman–Crippen LogP) is 3.44. The van der Waals surface area contributed by atoms with E-state index in [1.807, 2.05) is 6.92 Å². The van der Waals surface area contributed by atoms with Crippen LogP contribution in [0.4, 0.5) is 4.39 Å². The molecule has 0 amide bonds. The summed E-state index contributed by atoms with van der Waals surface area (Å²) in [6.45, 7) is 5.62. The van der Waals surface area contributed by atoms with Crippen LogP contribution in [0.5, 0.6) is 5.75 Å². The van der Waals surface area contributed by atoms with Crippen molar-refractivity contribution in [3.8, 4) is 5.75 Å². The topological polar surface area (TPSA) is 30.5 Å². The molecule has 20 heavy (non-hydrogen) atoms. The number of hydrogen-bond acceptors (Lipinski definition) is 3. The summed E-state index contributed by atoms with van der Waals surface area (Å²) in [6.07, 6.45) is 3.14. The van der Waals surface area contributed by atoms with Crippen molar-refractivity contribution in [2.75, 3.05) is 20.3 Å². The van der Waals surface area contributed by atoms with Crippen LogP contribution < -0.4 is 10.1 Å². The maximum Gasteiger partial charge on any atom is 0.131 e. The maximum absolute atomic E-state index is 14.4. The average molecular weight is 281 g/mol. The summed E-state index contributed by atoms with van der Waals surface area (Å²) >= 11 is 0. The third kappa shape index (κ3) is 3.13. The van der Waals surface area contributed by atoms with Gasteiger partial charge in [-0.05, 0) is 38.8 Å². The number of halogens is 1. The van der Waals surface area contributed by atoms with Gasteiger partial charge in [-0.1, -0.05) is 13.0 Å². The molecule has 0 saturated carbocycles. The van der Waals surface area contributed by atoms with Crippen LogP contribution in [-0.2, 0) is 4.74 Å². The number of benzene rings is 1. The van der Waals surface area contributed by atoms with Gasteiger partial charge < -0.3 is 14.8 Å². The SMILES string of the molecule is CCNC(c1ccc(OC)cc1F)C1(C)CCCCO1. The normalized spacial score (nSPS) is 24.4. The Balaban J connectivity index is 2.32. The minimum absolute atomic E-state index is 0.140. The Hall–Kier alpha value is -1.13. The van der Waals surface area contributed by atoms with Gasteiger partial charge in [0, 0.05) is 18.2 Å². The standard InChI is InChI=1S/C16H24FNO2/c1-4-18-15(16(2)9-5-6-10-20-16)13-8-7-12(19-3)11-14(13)17/h7-8,11,15,18H,4-6,9-10H2,1-3H3. The molecule has 0 aliphatic carbocycles. The fourth-order valence-electron chi connectivity index (χ4n) is 2.91. The summed E-state index contributed by atoms with van der Waals surface area (Å²) in [5.41, 5.74) is 0.293. The van der Waals surface area contributed by atoms with Gasteiger partial charge in [-0.2, -0.15) is 0 Å². The van der Waals surface area contributed by atoms with E-state index in [-0.39, 0.29) is 17.5 Å². The first-order valence-electron chi connectivity index (χ1n) is 7.31. The summed E-state index contributed by atoms with van der Waals surface area (Å²) in [5, 5.41) is 3.38. The van der Waals surface area contributed by atoms with Gasteiger partial charge in [0.15, 0.2) is 0 Å². The van der Waals surface area contributed by atoms with Crippen LogP contribution in [0.3, 0.4) is 0 Å². The van der Waals surface area contributed by atoms with Gasteiger partial charge in [-0.25, -0.2) is 4.39 Å². The number of likely N-dealkylation sites (N-methyl/N-ethyl adjacent to an activating group) is 1. The second-order valence-electron chi connectivity index (χ2n) is 5.50. The highest BCUT2D eigenvalue weighted by Crippen LogP contribution is 2.38. The minimum atomic E-state index is -0.357. The van der Waals surface area contributed by atoms with Crippen molar-refractivity contribution in [1.82, 2.24) is 5.32 Å². The molecule has 1 heterocycles. The van der Waals surface area contributed by atoms with Gasteiger partial charge in [-0.3, -0.25) is 0 Å². The Morgan fingerprint density at radius 1 is 1.45 bits per heavy atom. The Labute approximate surface area is 120 Å². The zero-order chi connectivity index (χ0) is 14.6. The summed E-state index contributed by atoms with van der Waals surface area (Å²) in [6, 6.07) is 4.89. The first-order valence-corrected chi connectivity index (χ1v) is 7.31. The molecule has 4 heteroatoms. The van der Waals surface area contributed by atoms with Crippen molar-refractivity contribution >= 4 is 0 Å². The molecule has 1 aliphatic rings. The van der Waals surface area contributed by atoms with Gasteiger partial charge in [0.1, 0.15) is 11.6 Å². The van der Waals surface area contributed by atoms with E-state index in [1.54, 1.807) is 19.2 Å². The van der Waals surface area contributed by atoms with Crippen LogP contribution in [0.25, 0.3) is 0 Å². The fraction of sp³-hybridized carbons (Fsp3) is 0.625. The highest BCUT2D eigenvalue weighted by atomic mass is 19.1. The Morgan fingerprint density at radius 3 is 2.80 bits per heavy atom. The lowest BCUT2D eigenvalue weighted by molar-refractivity contribution is -0.0901. The van der Waals surface area contributed by atoms with Crippen LogP contribution in [0, 0.1) is 5.82 Å². The molecule has 0 radical (unpaired) electrons. The summed E-state index contributed by atoms with van der Waals surface area (Å²) in [4.78, 5) is 0. The lowest BCUT2D eigenvalue weighted by atomic mass is 9.84. The van der Waals surface area contributed by atoms with E-state index >= 15 is 0 Å². The molecule has 2 atom stereocenters. The molecule has 112 valence electrons. The highest BCUT2D eigenvalue weighted by molar-refractivity contribution is 5.32. The van der Waals surface area contributed by atoms with Crippen LogP contribution >= 0.6 is 0 Å². The largest absolute Gasteiger partial charge is 0.497 e. The molecule has 1 saturated heterocycles. The lowest BCUT2D eigenvalue weighted by Crippen LogP contribution is -2.46. The molecular formula is C16H24FNO2. The van der Waals surface area contributed by atoms with Crippen molar-refractivity contribution in [3.63, 3.8) is 0 Å². The molecule has 2 unspecified atom stereocenters. The quantitative estimate of drug-likeness (QED) is 0.896. The molecule has 1 aromatic rings. The fourth-order valence-corrected chi connectivity index (χ4v) is 2.91. The van der Waals surface area contributed by atoms with Crippen LogP contribution in [0.15, 0.2) is 18.2 Å². The zero-order valence-corrected chi connectivity index (χ0v) is 12.5. The van der Waals surface area contributed by atoms with Crippen molar-refractivity contribution in [2.24, 2.45) is 0 Å². The smallest absolute Gasteiger partial charge is 0.131 e. The second kappa shape index (κ2) is 6.55. The highest BCUT2D eigenvalue weighted by Gasteiger charge is 2.38. The number of methoxy groups -OCH3 is 1. The first kappa shape index (κ1) is 15.3. The third-order valence-electron chi connectivity index (χ3n) is 4.04. The zero-order valence-electron chi connectivity index (χ0n) is 12.5. The number of ether oxygens (including phenoxy) is 2. The molecule has 1 aromatic carbocycles. The van der Waals surface area contributed by atoms with Gasteiger partial charge in [-0.15, -0.1) is 0 Å². The Morgan fingerprint density at radius 2 is 2.25 bits per heavy atom. The molecule has 1 N–H and O–H groups in total. The molecule has 0 aromatic heterocycles. The van der Waals surface area contributed by atoms with Crippen molar-refractivity contribution in [3.05, 3.63) is 29.6 Å². The van der Waals surface area contributed by atoms with Crippen molar-refractivity contribution in [2.45, 2.75) is 44.8 Å². The summed E-state index contributed by atoms with van der Waals surface area (Å²) in [5.74, 6) is 0.293. The van der Waals surface area contributed by atoms with E-state index in [0.717, 1.165) is 32.4 Å². The van der Waals surface area contributed by atoms with Gasteiger partial charge >= 0.3 is 0 Å². The molecule has 1 fully saturated rings. The van der Waals surface area contributed by atoms with Crippen LogP contribution in [0.1, 0.15) is 44.7 Å². The molecule has 2 rings (SSSR count). The Bertz CT molecular complexity index is 444. The maximum atomic E-state index is 14.4. The second-order valence-corrected chi connectivity index (χ2v) is 5.50. The van der Waals surface area contributed by atoms with Gasteiger partial charge in [0.2, 0.25) is 0 Å². The van der Waals surface area contributed by atoms with Crippen molar-refractivity contribution in [1.29, 1.82) is 0 Å². The molecular weight excluding hydrogens is 257 g/mol. The number of hydrogen-bond donors (Lipinski definition) is 1. The lowest BCUT2D eigenvalue weighted by Gasteiger charge is -2.41. The first-order chi connectivity index (χ1) is 9.60. The molecule has 1 aliphatic heterocycles. The summed E-state index contributed by atoms with van der Waals surface area (Å²) in [7, 11) is 1.54. The molecule has 3 nitrogen and oxygen atoms in total. The number of rotatable bonds is 5. The van der Waals surface area contributed by atoms with E-state index < -0.39 is 0 Å². The van der Waals surface area contributed by atoms with E-state index in [0.29, 0.717) is 11.3 Å². The number of nitrogens with one attached hydrogen (secondary N) is 1. The van der Waals surface area contributed by atoms with Gasteiger partial charge in [0.05, 0.1) is 18.8 Å². The predicted molar refractivity (Wildman–Crippen MR) is 77.6 cm³/mol. The van der Waals surface area contributed by atoms with E-state index in [2.05, 4.69) is 12.2 Å². The average Bonchev–Trinajstić information content (AvgIpc) is 2.46.